The van der Waals surface area contributed by atoms with E-state index in [1.54, 1.807) is 0 Å². The lowest BCUT2D eigenvalue weighted by Gasteiger charge is -2.06. The van der Waals surface area contributed by atoms with E-state index in [1.807, 2.05) is 11.3 Å². The molecule has 0 radical (unpaired) electrons. The average Bonchev–Trinajstić information content (AvgIpc) is 3.03. The smallest absolute Gasteiger partial charge is 0.0494 e. The first-order valence-corrected chi connectivity index (χ1v) is 8.14. The fourth-order valence-corrected chi connectivity index (χ4v) is 3.27. The van der Waals surface area contributed by atoms with Crippen LogP contribution in [0.3, 0.4) is 0 Å². The second-order valence-corrected chi connectivity index (χ2v) is 6.21. The molecule has 1 aromatic heterocycles. The quantitative estimate of drug-likeness (QED) is 0.646. The van der Waals surface area contributed by atoms with Crippen LogP contribution in [0.5, 0.6) is 0 Å². The highest BCUT2D eigenvalue weighted by molar-refractivity contribution is 7.15. The van der Waals surface area contributed by atoms with Crippen LogP contribution in [0.2, 0.25) is 0 Å². The Morgan fingerprint density at radius 1 is 0.905 bits per heavy atom. The molecule has 0 fully saturated rings. The minimum atomic E-state index is 0.880. The third-order valence-electron chi connectivity index (χ3n) is 3.52. The number of hydrogen-bond donors (Lipinski definition) is 1. The Hall–Kier alpha value is -2.06. The number of thiophene rings is 1. The highest BCUT2D eigenvalue weighted by Gasteiger charge is 2.02. The van der Waals surface area contributed by atoms with Crippen molar-refractivity contribution in [2.45, 2.75) is 19.9 Å². The van der Waals surface area contributed by atoms with Crippen molar-refractivity contribution in [3.63, 3.8) is 0 Å². The van der Waals surface area contributed by atoms with Crippen molar-refractivity contribution in [1.82, 2.24) is 0 Å². The van der Waals surface area contributed by atoms with Gasteiger partial charge in [-0.3, -0.25) is 0 Å². The third-order valence-corrected chi connectivity index (χ3v) is 4.66. The summed E-state index contributed by atoms with van der Waals surface area (Å²) >= 11 is 1.85. The molecule has 2 heteroatoms. The van der Waals surface area contributed by atoms with Crippen molar-refractivity contribution in [2.24, 2.45) is 0 Å². The van der Waals surface area contributed by atoms with Crippen LogP contribution in [0.1, 0.15) is 17.4 Å². The van der Waals surface area contributed by atoms with Crippen molar-refractivity contribution in [3.8, 4) is 10.4 Å². The average molecular weight is 293 g/mol. The van der Waals surface area contributed by atoms with Gasteiger partial charge in [0.05, 0.1) is 0 Å². The summed E-state index contributed by atoms with van der Waals surface area (Å²) in [6.07, 6.45) is 1.08. The number of hydrogen-bond acceptors (Lipinski definition) is 2. The van der Waals surface area contributed by atoms with Gasteiger partial charge < -0.3 is 5.32 Å². The largest absolute Gasteiger partial charge is 0.380 e. The Morgan fingerprint density at radius 3 is 2.57 bits per heavy atom. The fourth-order valence-electron chi connectivity index (χ4n) is 2.32. The van der Waals surface area contributed by atoms with Gasteiger partial charge in [-0.05, 0) is 41.8 Å². The molecule has 0 atom stereocenters. The molecule has 0 aliphatic rings. The maximum atomic E-state index is 3.51. The molecule has 0 saturated carbocycles. The molecule has 0 spiro atoms. The van der Waals surface area contributed by atoms with Crippen molar-refractivity contribution in [3.05, 3.63) is 77.2 Å². The summed E-state index contributed by atoms with van der Waals surface area (Å²) in [5.74, 6) is 0. The van der Waals surface area contributed by atoms with Gasteiger partial charge in [0, 0.05) is 22.0 Å². The van der Waals surface area contributed by atoms with E-state index in [9.17, 15) is 0 Å². The molecule has 0 aliphatic heterocycles. The molecule has 0 bridgehead atoms. The zero-order valence-corrected chi connectivity index (χ0v) is 13.0. The van der Waals surface area contributed by atoms with Gasteiger partial charge in [-0.1, -0.05) is 49.4 Å². The fraction of sp³-hybridized carbons (Fsp3) is 0.158. The van der Waals surface area contributed by atoms with Gasteiger partial charge in [-0.25, -0.2) is 0 Å². The van der Waals surface area contributed by atoms with Gasteiger partial charge in [0.2, 0.25) is 0 Å². The van der Waals surface area contributed by atoms with E-state index in [1.165, 1.54) is 26.6 Å². The van der Waals surface area contributed by atoms with E-state index in [0.29, 0.717) is 0 Å². The van der Waals surface area contributed by atoms with Crippen molar-refractivity contribution >= 4 is 17.0 Å². The summed E-state index contributed by atoms with van der Waals surface area (Å²) in [6.45, 7) is 3.06. The molecular weight excluding hydrogens is 274 g/mol. The Bertz CT molecular complexity index is 700. The Kier molecular flexibility index (Phi) is 4.37. The number of aryl methyl sites for hydroxylation is 1. The minimum Gasteiger partial charge on any atom is -0.380 e. The topological polar surface area (TPSA) is 12.0 Å². The van der Waals surface area contributed by atoms with Crippen molar-refractivity contribution < 1.29 is 0 Å². The Labute approximate surface area is 130 Å². The summed E-state index contributed by atoms with van der Waals surface area (Å²) in [5, 5.41) is 3.51. The van der Waals surface area contributed by atoms with Crippen LogP contribution in [0, 0.1) is 0 Å². The normalized spacial score (nSPS) is 10.5. The molecule has 0 unspecified atom stereocenters. The lowest BCUT2D eigenvalue weighted by Crippen LogP contribution is -1.97. The van der Waals surface area contributed by atoms with Crippen LogP contribution >= 0.6 is 11.3 Å². The lowest BCUT2D eigenvalue weighted by molar-refractivity contribution is 1.13. The van der Waals surface area contributed by atoms with Crippen LogP contribution in [-0.2, 0) is 13.0 Å². The first kappa shape index (κ1) is 13.9. The summed E-state index contributed by atoms with van der Waals surface area (Å²) in [4.78, 5) is 2.69. The van der Waals surface area contributed by atoms with Crippen LogP contribution < -0.4 is 5.32 Å². The second-order valence-electron chi connectivity index (χ2n) is 5.04. The molecular formula is C19H19NS. The van der Waals surface area contributed by atoms with E-state index in [0.717, 1.165) is 13.0 Å². The molecule has 1 nitrogen and oxygen atoms in total. The molecule has 1 heterocycles. The summed E-state index contributed by atoms with van der Waals surface area (Å²) in [6, 6.07) is 23.6. The molecule has 3 aromatic rings. The highest BCUT2D eigenvalue weighted by atomic mass is 32.1. The van der Waals surface area contributed by atoms with Gasteiger partial charge in [0.25, 0.3) is 0 Å². The van der Waals surface area contributed by atoms with Crippen LogP contribution in [0.15, 0.2) is 66.7 Å². The predicted octanol–water partition coefficient (Wildman–Crippen LogP) is 5.59. The number of anilines is 1. The number of nitrogens with one attached hydrogen (secondary N) is 1. The molecule has 3 rings (SSSR count). The standard InChI is InChI=1S/C19H19NS/c1-2-15-7-6-10-17(13-15)20-14-18-11-12-19(21-18)16-8-4-3-5-9-16/h3-13,20H,2,14H2,1H3. The van der Waals surface area contributed by atoms with Gasteiger partial charge in [0.1, 0.15) is 0 Å². The van der Waals surface area contributed by atoms with Crippen molar-refractivity contribution in [2.75, 3.05) is 5.32 Å². The van der Waals surface area contributed by atoms with Gasteiger partial charge in [-0.15, -0.1) is 11.3 Å². The SMILES string of the molecule is CCc1cccc(NCc2ccc(-c3ccccc3)s2)c1. The van der Waals surface area contributed by atoms with E-state index < -0.39 is 0 Å². The molecule has 1 N–H and O–H groups in total. The monoisotopic (exact) mass is 293 g/mol. The predicted molar refractivity (Wildman–Crippen MR) is 92.9 cm³/mol. The van der Waals surface area contributed by atoms with E-state index in [2.05, 4.69) is 79.0 Å². The van der Waals surface area contributed by atoms with E-state index in [4.69, 9.17) is 0 Å². The molecule has 21 heavy (non-hydrogen) atoms. The van der Waals surface area contributed by atoms with Crippen molar-refractivity contribution in [1.29, 1.82) is 0 Å². The Balaban J connectivity index is 1.67. The maximum absolute atomic E-state index is 3.51. The second kappa shape index (κ2) is 6.59. The molecule has 0 saturated heterocycles. The molecule has 106 valence electrons. The number of rotatable bonds is 5. The van der Waals surface area contributed by atoms with Gasteiger partial charge in [-0.2, -0.15) is 0 Å². The first-order chi connectivity index (χ1) is 10.3. The Morgan fingerprint density at radius 2 is 1.76 bits per heavy atom. The molecule has 2 aromatic carbocycles. The summed E-state index contributed by atoms with van der Waals surface area (Å²) in [5.41, 5.74) is 3.86. The summed E-state index contributed by atoms with van der Waals surface area (Å²) in [7, 11) is 0. The maximum Gasteiger partial charge on any atom is 0.0494 e. The first-order valence-electron chi connectivity index (χ1n) is 7.32. The minimum absolute atomic E-state index is 0.880. The third kappa shape index (κ3) is 3.53. The van der Waals surface area contributed by atoms with Crippen LogP contribution in [0.4, 0.5) is 5.69 Å². The van der Waals surface area contributed by atoms with Crippen LogP contribution in [0.25, 0.3) is 10.4 Å². The van der Waals surface area contributed by atoms with Gasteiger partial charge >= 0.3 is 0 Å². The summed E-state index contributed by atoms with van der Waals surface area (Å²) < 4.78 is 0. The zero-order valence-electron chi connectivity index (χ0n) is 12.2. The van der Waals surface area contributed by atoms with Crippen LogP contribution in [-0.4, -0.2) is 0 Å². The van der Waals surface area contributed by atoms with E-state index in [-0.39, 0.29) is 0 Å². The highest BCUT2D eigenvalue weighted by Crippen LogP contribution is 2.28. The van der Waals surface area contributed by atoms with E-state index >= 15 is 0 Å². The number of benzene rings is 2. The lowest BCUT2D eigenvalue weighted by atomic mass is 10.1. The zero-order chi connectivity index (χ0) is 14.5. The molecule has 0 aliphatic carbocycles. The molecule has 0 amide bonds. The van der Waals surface area contributed by atoms with Gasteiger partial charge in [0.15, 0.2) is 0 Å².